The van der Waals surface area contributed by atoms with E-state index in [9.17, 15) is 24.6 Å². The highest BCUT2D eigenvalue weighted by Crippen LogP contribution is 2.54. The molecule has 2 heterocycles. The standard InChI is InChI=1S/C21H27NO7S/c1-12(23)15-16(24)22-14(10-28-19(27)20(2,3)4)21(18(25)26,30-17(15)22)11-29-13-8-6-5-7-9-13/h5-9,12,14-15,17,23H,10-11H2,1-4H3,(H,25,26)/t12-,14?,15+,17-,21?/m1/s1. The third-order valence-corrected chi connectivity index (χ3v) is 7.14. The summed E-state index contributed by atoms with van der Waals surface area (Å²) >= 11 is 1.07. The quantitative estimate of drug-likeness (QED) is 0.490. The number of thioether (sulfide) groups is 1. The number of hydrogen-bond donors (Lipinski definition) is 2. The van der Waals surface area contributed by atoms with Crippen LogP contribution in [0.1, 0.15) is 27.7 Å². The van der Waals surface area contributed by atoms with Crippen molar-refractivity contribution in [3.63, 3.8) is 0 Å². The number of aliphatic hydroxyl groups excluding tert-OH is 1. The van der Waals surface area contributed by atoms with Crippen molar-refractivity contribution in [3.8, 4) is 5.75 Å². The highest BCUT2D eigenvalue weighted by molar-refractivity contribution is 8.02. The van der Waals surface area contributed by atoms with Gasteiger partial charge in [0.25, 0.3) is 0 Å². The van der Waals surface area contributed by atoms with Crippen LogP contribution in [0.25, 0.3) is 0 Å². The van der Waals surface area contributed by atoms with Gasteiger partial charge in [0, 0.05) is 0 Å². The molecule has 2 aliphatic rings. The zero-order valence-corrected chi connectivity index (χ0v) is 18.2. The Labute approximate surface area is 179 Å². The van der Waals surface area contributed by atoms with E-state index in [-0.39, 0.29) is 19.1 Å². The fraction of sp³-hybridized carbons (Fsp3) is 0.571. The van der Waals surface area contributed by atoms with E-state index in [2.05, 4.69) is 0 Å². The summed E-state index contributed by atoms with van der Waals surface area (Å²) in [7, 11) is 0. The molecule has 2 fully saturated rings. The van der Waals surface area contributed by atoms with Crippen molar-refractivity contribution in [3.05, 3.63) is 30.3 Å². The fourth-order valence-corrected chi connectivity index (χ4v) is 5.47. The van der Waals surface area contributed by atoms with Gasteiger partial charge in [0.1, 0.15) is 19.0 Å². The van der Waals surface area contributed by atoms with Gasteiger partial charge >= 0.3 is 11.9 Å². The number of β-lactam (4-membered cyclic amide) rings is 1. The van der Waals surface area contributed by atoms with Gasteiger partial charge in [-0.05, 0) is 39.8 Å². The maximum Gasteiger partial charge on any atom is 0.325 e. The highest BCUT2D eigenvalue weighted by atomic mass is 32.2. The number of ether oxygens (including phenoxy) is 2. The predicted molar refractivity (Wildman–Crippen MR) is 110 cm³/mol. The molecule has 0 spiro atoms. The third-order valence-electron chi connectivity index (χ3n) is 5.39. The molecule has 5 atom stereocenters. The molecule has 164 valence electrons. The van der Waals surface area contributed by atoms with Crippen LogP contribution in [0.5, 0.6) is 5.75 Å². The summed E-state index contributed by atoms with van der Waals surface area (Å²) in [6, 6.07) is 7.87. The van der Waals surface area contributed by atoms with Gasteiger partial charge < -0.3 is 24.6 Å². The number of benzene rings is 1. The van der Waals surface area contributed by atoms with Gasteiger partial charge in [0.15, 0.2) is 4.75 Å². The molecule has 2 N–H and O–H groups in total. The van der Waals surface area contributed by atoms with Crippen LogP contribution in [-0.4, -0.2) is 68.4 Å². The van der Waals surface area contributed by atoms with Gasteiger partial charge in [-0.2, -0.15) is 0 Å². The number of amides is 1. The number of carbonyl (C=O) groups excluding carboxylic acids is 2. The van der Waals surface area contributed by atoms with E-state index in [1.807, 2.05) is 6.07 Å². The minimum atomic E-state index is -1.54. The number of aliphatic hydroxyl groups is 1. The molecule has 30 heavy (non-hydrogen) atoms. The minimum absolute atomic E-state index is 0.221. The normalized spacial score (nSPS) is 29.0. The van der Waals surface area contributed by atoms with Crippen LogP contribution in [-0.2, 0) is 19.1 Å². The topological polar surface area (TPSA) is 113 Å². The number of carboxylic acid groups (broad SMARTS) is 1. The molecular weight excluding hydrogens is 410 g/mol. The average molecular weight is 438 g/mol. The average Bonchev–Trinajstić information content (AvgIpc) is 2.94. The van der Waals surface area contributed by atoms with Crippen molar-refractivity contribution in [2.24, 2.45) is 11.3 Å². The van der Waals surface area contributed by atoms with Gasteiger partial charge in [0.2, 0.25) is 5.91 Å². The molecule has 0 aromatic heterocycles. The lowest BCUT2D eigenvalue weighted by Gasteiger charge is -2.45. The Morgan fingerprint density at radius 3 is 2.43 bits per heavy atom. The Morgan fingerprint density at radius 1 is 1.27 bits per heavy atom. The van der Waals surface area contributed by atoms with Crippen LogP contribution in [0.2, 0.25) is 0 Å². The van der Waals surface area contributed by atoms with E-state index in [4.69, 9.17) is 9.47 Å². The van der Waals surface area contributed by atoms with E-state index in [0.717, 1.165) is 11.8 Å². The Hall–Kier alpha value is -2.26. The third kappa shape index (κ3) is 3.88. The number of aliphatic carboxylic acids is 1. The number of carboxylic acids is 1. The molecule has 9 heteroatoms. The lowest BCUT2D eigenvalue weighted by molar-refractivity contribution is -0.170. The summed E-state index contributed by atoms with van der Waals surface area (Å²) in [6.07, 6.45) is -0.913. The van der Waals surface area contributed by atoms with Gasteiger partial charge in [-0.3, -0.25) is 14.4 Å². The summed E-state index contributed by atoms with van der Waals surface area (Å²) in [4.78, 5) is 38.9. The van der Waals surface area contributed by atoms with E-state index in [1.165, 1.54) is 11.8 Å². The first-order chi connectivity index (χ1) is 14.0. The molecule has 1 aromatic carbocycles. The molecular formula is C21H27NO7S. The van der Waals surface area contributed by atoms with Crippen LogP contribution >= 0.6 is 11.8 Å². The van der Waals surface area contributed by atoms with Gasteiger partial charge in [-0.25, -0.2) is 0 Å². The van der Waals surface area contributed by atoms with E-state index in [1.54, 1.807) is 45.0 Å². The molecule has 2 unspecified atom stereocenters. The monoisotopic (exact) mass is 437 g/mol. The molecule has 0 aliphatic carbocycles. The Kier molecular flexibility index (Phi) is 6.06. The Morgan fingerprint density at radius 2 is 1.90 bits per heavy atom. The number of esters is 1. The summed E-state index contributed by atoms with van der Waals surface area (Å²) in [5.74, 6) is -2.20. The van der Waals surface area contributed by atoms with Crippen LogP contribution in [0.4, 0.5) is 0 Å². The van der Waals surface area contributed by atoms with Gasteiger partial charge in [0.05, 0.1) is 28.9 Å². The van der Waals surface area contributed by atoms with E-state index in [0.29, 0.717) is 5.75 Å². The lowest BCUT2D eigenvalue weighted by Crippen LogP contribution is -2.65. The largest absolute Gasteiger partial charge is 0.491 e. The zero-order valence-electron chi connectivity index (χ0n) is 17.4. The number of fused-ring (bicyclic) bond motifs is 1. The maximum atomic E-state index is 12.7. The number of hydrogen-bond acceptors (Lipinski definition) is 7. The zero-order chi connectivity index (χ0) is 22.3. The van der Waals surface area contributed by atoms with Crippen molar-refractivity contribution in [1.29, 1.82) is 0 Å². The molecule has 2 aliphatic heterocycles. The van der Waals surface area contributed by atoms with Crippen LogP contribution < -0.4 is 4.74 Å². The van der Waals surface area contributed by atoms with E-state index < -0.39 is 45.5 Å². The Bertz CT molecular complexity index is 822. The van der Waals surface area contributed by atoms with Crippen molar-refractivity contribution in [2.75, 3.05) is 13.2 Å². The number of rotatable bonds is 7. The second kappa shape index (κ2) is 8.11. The molecule has 3 rings (SSSR count). The van der Waals surface area contributed by atoms with Crippen LogP contribution in [0.15, 0.2) is 30.3 Å². The van der Waals surface area contributed by atoms with Crippen LogP contribution in [0, 0.1) is 11.3 Å². The number of nitrogens with zero attached hydrogens (tertiary/aromatic N) is 1. The predicted octanol–water partition coefficient (Wildman–Crippen LogP) is 1.76. The summed E-state index contributed by atoms with van der Waals surface area (Å²) in [5.41, 5.74) is -0.765. The van der Waals surface area contributed by atoms with E-state index >= 15 is 0 Å². The Balaban J connectivity index is 1.89. The molecule has 1 aromatic rings. The molecule has 8 nitrogen and oxygen atoms in total. The molecule has 0 saturated carbocycles. The minimum Gasteiger partial charge on any atom is -0.491 e. The molecule has 0 bridgehead atoms. The second-order valence-corrected chi connectivity index (χ2v) is 10.1. The van der Waals surface area contributed by atoms with Crippen molar-refractivity contribution < 1.29 is 34.1 Å². The maximum absolute atomic E-state index is 12.7. The van der Waals surface area contributed by atoms with Crippen LogP contribution in [0.3, 0.4) is 0 Å². The number of para-hydroxylation sites is 1. The SMILES string of the molecule is C[C@@H](O)[C@H]1C(=O)N2C(COC(=O)C(C)(C)C)C(COc3ccccc3)(C(=O)O)S[C@H]12. The fourth-order valence-electron chi connectivity index (χ4n) is 3.61. The van der Waals surface area contributed by atoms with Crippen molar-refractivity contribution in [1.82, 2.24) is 4.90 Å². The first-order valence-electron chi connectivity index (χ1n) is 9.75. The van der Waals surface area contributed by atoms with Crippen molar-refractivity contribution in [2.45, 2.75) is 50.0 Å². The number of carbonyl (C=O) groups is 3. The molecule has 1 amide bonds. The summed E-state index contributed by atoms with van der Waals surface area (Å²) in [5, 5.41) is 19.6. The highest BCUT2D eigenvalue weighted by Gasteiger charge is 2.69. The molecule has 0 radical (unpaired) electrons. The van der Waals surface area contributed by atoms with Gasteiger partial charge in [-0.15, -0.1) is 11.8 Å². The first kappa shape index (κ1) is 22.4. The summed E-state index contributed by atoms with van der Waals surface area (Å²) in [6.45, 7) is 6.12. The van der Waals surface area contributed by atoms with Gasteiger partial charge in [-0.1, -0.05) is 18.2 Å². The summed E-state index contributed by atoms with van der Waals surface area (Å²) < 4.78 is 9.65. The first-order valence-corrected chi connectivity index (χ1v) is 10.6. The lowest BCUT2D eigenvalue weighted by atomic mass is 9.88. The second-order valence-electron chi connectivity index (χ2n) is 8.68. The van der Waals surface area contributed by atoms with Crippen molar-refractivity contribution >= 4 is 29.6 Å². The molecule has 2 saturated heterocycles. The smallest absolute Gasteiger partial charge is 0.325 e.